The molecule has 0 atom stereocenters. The van der Waals surface area contributed by atoms with Crippen molar-refractivity contribution >= 4 is 0 Å². The normalized spacial score (nSPS) is 11.1. The van der Waals surface area contributed by atoms with Crippen LogP contribution in [-0.4, -0.2) is 21.5 Å². The fourth-order valence-electron chi connectivity index (χ4n) is 2.31. The van der Waals surface area contributed by atoms with Gasteiger partial charge in [-0.1, -0.05) is 19.9 Å². The summed E-state index contributed by atoms with van der Waals surface area (Å²) in [6.07, 6.45) is 1.79. The van der Waals surface area contributed by atoms with Gasteiger partial charge in [0, 0.05) is 29.7 Å². The minimum atomic E-state index is 0.641. The molecule has 0 fully saturated rings. The summed E-state index contributed by atoms with van der Waals surface area (Å²) >= 11 is 0. The van der Waals surface area contributed by atoms with E-state index < -0.39 is 0 Å². The van der Waals surface area contributed by atoms with Crippen molar-refractivity contribution in [3.8, 4) is 11.5 Å². The van der Waals surface area contributed by atoms with Crippen LogP contribution in [0.25, 0.3) is 11.5 Å². The molecule has 0 saturated heterocycles. The predicted molar refractivity (Wildman–Crippen MR) is 86.0 cm³/mol. The maximum absolute atomic E-state index is 4.65. The first kappa shape index (κ1) is 15.6. The topological polar surface area (TPSA) is 50.7 Å². The zero-order valence-electron chi connectivity index (χ0n) is 13.6. The number of aryl methyl sites for hydroxylation is 3. The molecule has 21 heavy (non-hydrogen) atoms. The van der Waals surface area contributed by atoms with Gasteiger partial charge in [0.05, 0.1) is 0 Å². The molecule has 2 aromatic heterocycles. The number of nitrogens with one attached hydrogen (secondary N) is 1. The highest BCUT2D eigenvalue weighted by molar-refractivity contribution is 5.55. The highest BCUT2D eigenvalue weighted by Gasteiger charge is 2.12. The van der Waals surface area contributed by atoms with Gasteiger partial charge in [-0.3, -0.25) is 4.98 Å². The number of nitrogens with zero attached hydrogens (tertiary/aromatic N) is 3. The van der Waals surface area contributed by atoms with Crippen molar-refractivity contribution in [2.24, 2.45) is 5.92 Å². The van der Waals surface area contributed by atoms with Gasteiger partial charge in [-0.15, -0.1) is 0 Å². The second-order valence-corrected chi connectivity index (χ2v) is 5.89. The molecule has 2 aromatic rings. The second kappa shape index (κ2) is 6.76. The Hall–Kier alpha value is -1.81. The van der Waals surface area contributed by atoms with Gasteiger partial charge in [0.25, 0.3) is 0 Å². The Labute approximate surface area is 127 Å². The molecule has 0 saturated carbocycles. The number of rotatable bonds is 5. The Morgan fingerprint density at radius 2 is 1.76 bits per heavy atom. The maximum Gasteiger partial charge on any atom is 0.178 e. The summed E-state index contributed by atoms with van der Waals surface area (Å²) in [4.78, 5) is 13.7. The average Bonchev–Trinajstić information content (AvgIpc) is 2.42. The SMILES string of the molecule is Cc1cccnc1-c1nc(C)c(CNCC(C)C)c(C)n1. The fourth-order valence-corrected chi connectivity index (χ4v) is 2.31. The van der Waals surface area contributed by atoms with Gasteiger partial charge in [-0.05, 0) is 44.9 Å². The fraction of sp³-hybridized carbons (Fsp3) is 0.471. The molecule has 0 unspecified atom stereocenters. The van der Waals surface area contributed by atoms with Crippen molar-refractivity contribution in [3.05, 3.63) is 40.8 Å². The van der Waals surface area contributed by atoms with Gasteiger partial charge in [-0.2, -0.15) is 0 Å². The van der Waals surface area contributed by atoms with Gasteiger partial charge < -0.3 is 5.32 Å². The Morgan fingerprint density at radius 1 is 1.10 bits per heavy atom. The third-order valence-electron chi connectivity index (χ3n) is 3.50. The summed E-state index contributed by atoms with van der Waals surface area (Å²) in [5, 5.41) is 3.46. The van der Waals surface area contributed by atoms with Crippen LogP contribution in [0.3, 0.4) is 0 Å². The minimum absolute atomic E-state index is 0.641. The van der Waals surface area contributed by atoms with Gasteiger partial charge >= 0.3 is 0 Å². The summed E-state index contributed by atoms with van der Waals surface area (Å²) in [6.45, 7) is 12.4. The molecule has 2 heterocycles. The smallest absolute Gasteiger partial charge is 0.178 e. The van der Waals surface area contributed by atoms with Crippen LogP contribution in [0.1, 0.15) is 36.4 Å². The van der Waals surface area contributed by atoms with Crippen LogP contribution in [0, 0.1) is 26.7 Å². The van der Waals surface area contributed by atoms with Crippen LogP contribution in [-0.2, 0) is 6.54 Å². The van der Waals surface area contributed by atoms with Gasteiger partial charge in [0.2, 0.25) is 0 Å². The van der Waals surface area contributed by atoms with E-state index in [2.05, 4.69) is 34.1 Å². The monoisotopic (exact) mass is 284 g/mol. The van der Waals surface area contributed by atoms with Crippen molar-refractivity contribution in [2.45, 2.75) is 41.2 Å². The molecule has 0 spiro atoms. The van der Waals surface area contributed by atoms with Crippen LogP contribution in [0.5, 0.6) is 0 Å². The molecule has 0 aliphatic heterocycles. The highest BCUT2D eigenvalue weighted by Crippen LogP contribution is 2.19. The third-order valence-corrected chi connectivity index (χ3v) is 3.50. The van der Waals surface area contributed by atoms with Crippen LogP contribution in [0.2, 0.25) is 0 Å². The Morgan fingerprint density at radius 3 is 2.33 bits per heavy atom. The first-order valence-electron chi connectivity index (χ1n) is 7.46. The molecule has 112 valence electrons. The molecule has 1 N–H and O–H groups in total. The van der Waals surface area contributed by atoms with Crippen molar-refractivity contribution in [1.29, 1.82) is 0 Å². The van der Waals surface area contributed by atoms with Gasteiger partial charge in [0.1, 0.15) is 5.69 Å². The van der Waals surface area contributed by atoms with Gasteiger partial charge in [-0.25, -0.2) is 9.97 Å². The Balaban J connectivity index is 2.27. The lowest BCUT2D eigenvalue weighted by Crippen LogP contribution is -2.21. The zero-order valence-corrected chi connectivity index (χ0v) is 13.6. The van der Waals surface area contributed by atoms with Crippen molar-refractivity contribution in [2.75, 3.05) is 6.54 Å². The zero-order chi connectivity index (χ0) is 15.4. The number of pyridine rings is 1. The van der Waals surface area contributed by atoms with Crippen molar-refractivity contribution in [3.63, 3.8) is 0 Å². The predicted octanol–water partition coefficient (Wildman–Crippen LogP) is 3.21. The molecule has 0 bridgehead atoms. The van der Waals surface area contributed by atoms with Crippen LogP contribution >= 0.6 is 0 Å². The molecule has 0 aliphatic rings. The van der Waals surface area contributed by atoms with E-state index in [9.17, 15) is 0 Å². The number of aromatic nitrogens is 3. The van der Waals surface area contributed by atoms with Gasteiger partial charge in [0.15, 0.2) is 5.82 Å². The van der Waals surface area contributed by atoms with Crippen LogP contribution in [0.15, 0.2) is 18.3 Å². The first-order chi connectivity index (χ1) is 9.99. The molecule has 0 amide bonds. The van der Waals surface area contributed by atoms with E-state index in [1.165, 1.54) is 5.56 Å². The maximum atomic E-state index is 4.65. The van der Waals surface area contributed by atoms with E-state index >= 15 is 0 Å². The number of hydrogen-bond acceptors (Lipinski definition) is 4. The molecule has 0 aromatic carbocycles. The van der Waals surface area contributed by atoms with E-state index in [-0.39, 0.29) is 0 Å². The molecule has 0 aliphatic carbocycles. The summed E-state index contributed by atoms with van der Waals surface area (Å²) in [5.41, 5.74) is 5.21. The van der Waals surface area contributed by atoms with E-state index in [1.54, 1.807) is 6.20 Å². The van der Waals surface area contributed by atoms with Crippen molar-refractivity contribution in [1.82, 2.24) is 20.3 Å². The summed E-state index contributed by atoms with van der Waals surface area (Å²) < 4.78 is 0. The van der Waals surface area contributed by atoms with Crippen LogP contribution in [0.4, 0.5) is 0 Å². The lowest BCUT2D eigenvalue weighted by atomic mass is 10.1. The lowest BCUT2D eigenvalue weighted by molar-refractivity contribution is 0.549. The minimum Gasteiger partial charge on any atom is -0.312 e. The van der Waals surface area contributed by atoms with Crippen molar-refractivity contribution < 1.29 is 0 Å². The molecule has 2 rings (SSSR count). The standard InChI is InChI=1S/C17H24N4/c1-11(2)9-18-10-15-13(4)20-17(21-14(15)5)16-12(3)7-6-8-19-16/h6-8,11,18H,9-10H2,1-5H3. The second-order valence-electron chi connectivity index (χ2n) is 5.89. The average molecular weight is 284 g/mol. The van der Waals surface area contributed by atoms with E-state index in [0.29, 0.717) is 5.92 Å². The molecular formula is C17H24N4. The molecule has 0 radical (unpaired) electrons. The van der Waals surface area contributed by atoms with E-state index in [4.69, 9.17) is 0 Å². The first-order valence-corrected chi connectivity index (χ1v) is 7.46. The summed E-state index contributed by atoms with van der Waals surface area (Å²) in [7, 11) is 0. The lowest BCUT2D eigenvalue weighted by Gasteiger charge is -2.13. The summed E-state index contributed by atoms with van der Waals surface area (Å²) in [6, 6.07) is 3.97. The largest absolute Gasteiger partial charge is 0.312 e. The molecule has 4 heteroatoms. The van der Waals surface area contributed by atoms with E-state index in [0.717, 1.165) is 41.6 Å². The third kappa shape index (κ3) is 3.85. The van der Waals surface area contributed by atoms with E-state index in [1.807, 2.05) is 32.9 Å². The molecular weight excluding hydrogens is 260 g/mol. The Kier molecular flexibility index (Phi) is 5.02. The quantitative estimate of drug-likeness (QED) is 0.916. The Bertz CT molecular complexity index is 597. The molecule has 4 nitrogen and oxygen atoms in total. The highest BCUT2D eigenvalue weighted by atomic mass is 14.9. The summed E-state index contributed by atoms with van der Waals surface area (Å²) in [5.74, 6) is 1.36. The number of hydrogen-bond donors (Lipinski definition) is 1. The van der Waals surface area contributed by atoms with Crippen LogP contribution < -0.4 is 5.32 Å².